The number of aromatic nitrogens is 1. The Labute approximate surface area is 125 Å². The number of fused-ring (bicyclic) bond motifs is 1. The SMILES string of the molecule is N#Cc1c(NC(=O)c2ccncc2O)sc2c1CCCC2. The summed E-state index contributed by atoms with van der Waals surface area (Å²) in [6, 6.07) is 3.64. The van der Waals surface area contributed by atoms with Crippen molar-refractivity contribution in [1.82, 2.24) is 4.98 Å². The quantitative estimate of drug-likeness (QED) is 0.892. The van der Waals surface area contributed by atoms with Crippen LogP contribution in [0, 0.1) is 11.3 Å². The first-order valence-corrected chi connectivity index (χ1v) is 7.51. The minimum atomic E-state index is -0.426. The summed E-state index contributed by atoms with van der Waals surface area (Å²) >= 11 is 1.46. The third-order valence-corrected chi connectivity index (χ3v) is 4.76. The molecule has 1 amide bonds. The Kier molecular flexibility index (Phi) is 3.59. The molecule has 0 bridgehead atoms. The smallest absolute Gasteiger partial charge is 0.260 e. The van der Waals surface area contributed by atoms with Crippen LogP contribution in [0.4, 0.5) is 5.00 Å². The summed E-state index contributed by atoms with van der Waals surface area (Å²) in [6.45, 7) is 0. The van der Waals surface area contributed by atoms with Crippen LogP contribution in [-0.2, 0) is 12.8 Å². The van der Waals surface area contributed by atoms with Crippen molar-refractivity contribution < 1.29 is 9.90 Å². The molecule has 0 saturated heterocycles. The number of thiophene rings is 1. The second kappa shape index (κ2) is 5.54. The van der Waals surface area contributed by atoms with Crippen LogP contribution in [0.1, 0.15) is 39.2 Å². The van der Waals surface area contributed by atoms with E-state index in [9.17, 15) is 15.2 Å². The maximum Gasteiger partial charge on any atom is 0.260 e. The van der Waals surface area contributed by atoms with Gasteiger partial charge in [0.1, 0.15) is 16.8 Å². The molecule has 0 unspecified atom stereocenters. The van der Waals surface area contributed by atoms with Gasteiger partial charge in [-0.3, -0.25) is 9.78 Å². The molecule has 2 heterocycles. The van der Waals surface area contributed by atoms with Gasteiger partial charge in [0, 0.05) is 11.1 Å². The van der Waals surface area contributed by atoms with Gasteiger partial charge < -0.3 is 10.4 Å². The van der Waals surface area contributed by atoms with E-state index in [1.807, 2.05) is 0 Å². The van der Waals surface area contributed by atoms with Crippen LogP contribution in [-0.4, -0.2) is 16.0 Å². The monoisotopic (exact) mass is 299 g/mol. The minimum Gasteiger partial charge on any atom is -0.505 e. The average molecular weight is 299 g/mol. The van der Waals surface area contributed by atoms with Gasteiger partial charge in [-0.05, 0) is 37.3 Å². The highest BCUT2D eigenvalue weighted by molar-refractivity contribution is 7.16. The molecular weight excluding hydrogens is 286 g/mol. The van der Waals surface area contributed by atoms with Gasteiger partial charge in [0.15, 0.2) is 0 Å². The predicted octanol–water partition coefficient (Wildman–Crippen LogP) is 2.85. The van der Waals surface area contributed by atoms with E-state index in [0.29, 0.717) is 10.6 Å². The van der Waals surface area contributed by atoms with E-state index >= 15 is 0 Å². The van der Waals surface area contributed by atoms with Crippen molar-refractivity contribution in [2.24, 2.45) is 0 Å². The van der Waals surface area contributed by atoms with Gasteiger partial charge in [-0.15, -0.1) is 11.3 Å². The van der Waals surface area contributed by atoms with Crippen molar-refractivity contribution in [1.29, 1.82) is 5.26 Å². The van der Waals surface area contributed by atoms with Gasteiger partial charge in [-0.2, -0.15) is 5.26 Å². The summed E-state index contributed by atoms with van der Waals surface area (Å²) in [5.41, 5.74) is 1.79. The number of hydrogen-bond donors (Lipinski definition) is 2. The summed E-state index contributed by atoms with van der Waals surface area (Å²) in [7, 11) is 0. The number of carbonyl (C=O) groups excluding carboxylic acids is 1. The molecule has 21 heavy (non-hydrogen) atoms. The standard InChI is InChI=1S/C15H13N3O2S/c16-7-11-9-3-1-2-4-13(9)21-15(11)18-14(20)10-5-6-17-8-12(10)19/h5-6,8,19H,1-4H2,(H,18,20). The number of aryl methyl sites for hydroxylation is 1. The van der Waals surface area contributed by atoms with Gasteiger partial charge in [0.25, 0.3) is 5.91 Å². The molecule has 1 aliphatic carbocycles. The topological polar surface area (TPSA) is 86.0 Å². The number of hydrogen-bond acceptors (Lipinski definition) is 5. The van der Waals surface area contributed by atoms with Crippen LogP contribution in [0.5, 0.6) is 5.75 Å². The summed E-state index contributed by atoms with van der Waals surface area (Å²) < 4.78 is 0. The molecule has 1 aliphatic rings. The number of amides is 1. The highest BCUT2D eigenvalue weighted by atomic mass is 32.1. The van der Waals surface area contributed by atoms with Crippen molar-refractivity contribution in [3.8, 4) is 11.8 Å². The first kappa shape index (κ1) is 13.6. The Hall–Kier alpha value is -2.39. The molecule has 0 aromatic carbocycles. The van der Waals surface area contributed by atoms with Crippen molar-refractivity contribution in [3.63, 3.8) is 0 Å². The zero-order valence-electron chi connectivity index (χ0n) is 11.2. The van der Waals surface area contributed by atoms with Gasteiger partial charge in [0.2, 0.25) is 0 Å². The van der Waals surface area contributed by atoms with Crippen molar-refractivity contribution in [2.45, 2.75) is 25.7 Å². The van der Waals surface area contributed by atoms with Crippen LogP contribution in [0.2, 0.25) is 0 Å². The van der Waals surface area contributed by atoms with E-state index in [-0.39, 0.29) is 11.3 Å². The van der Waals surface area contributed by atoms with Crippen LogP contribution < -0.4 is 5.32 Å². The minimum absolute atomic E-state index is 0.153. The second-order valence-electron chi connectivity index (χ2n) is 4.87. The van der Waals surface area contributed by atoms with E-state index < -0.39 is 5.91 Å². The lowest BCUT2D eigenvalue weighted by Gasteiger charge is -2.09. The maximum atomic E-state index is 12.2. The molecule has 106 valence electrons. The fourth-order valence-corrected chi connectivity index (χ4v) is 3.76. The number of rotatable bonds is 2. The molecule has 0 saturated carbocycles. The Morgan fingerprint density at radius 3 is 3.00 bits per heavy atom. The van der Waals surface area contributed by atoms with Crippen molar-refractivity contribution in [3.05, 3.63) is 40.0 Å². The molecule has 0 aliphatic heterocycles. The van der Waals surface area contributed by atoms with Gasteiger partial charge in [-0.25, -0.2) is 0 Å². The lowest BCUT2D eigenvalue weighted by atomic mass is 9.96. The fourth-order valence-electron chi connectivity index (χ4n) is 2.52. The largest absolute Gasteiger partial charge is 0.505 e. The van der Waals surface area contributed by atoms with E-state index in [4.69, 9.17) is 0 Å². The molecule has 2 N–H and O–H groups in total. The van der Waals surface area contributed by atoms with E-state index in [1.54, 1.807) is 0 Å². The number of aromatic hydroxyl groups is 1. The molecule has 0 atom stereocenters. The molecular formula is C15H13N3O2S. The van der Waals surface area contributed by atoms with Gasteiger partial charge >= 0.3 is 0 Å². The van der Waals surface area contributed by atoms with Crippen molar-refractivity contribution >= 4 is 22.2 Å². The fraction of sp³-hybridized carbons (Fsp3) is 0.267. The van der Waals surface area contributed by atoms with Crippen LogP contribution in [0.15, 0.2) is 18.5 Å². The van der Waals surface area contributed by atoms with Crippen molar-refractivity contribution in [2.75, 3.05) is 5.32 Å². The molecule has 0 spiro atoms. The molecule has 0 fully saturated rings. The van der Waals surface area contributed by atoms with E-state index in [1.165, 1.54) is 34.7 Å². The van der Waals surface area contributed by atoms with Crippen LogP contribution in [0.25, 0.3) is 0 Å². The molecule has 0 radical (unpaired) electrons. The third kappa shape index (κ3) is 2.48. The third-order valence-electron chi connectivity index (χ3n) is 3.55. The summed E-state index contributed by atoms with van der Waals surface area (Å²) in [5.74, 6) is -0.597. The van der Waals surface area contributed by atoms with E-state index in [2.05, 4.69) is 16.4 Å². The molecule has 6 heteroatoms. The number of nitrogens with zero attached hydrogens (tertiary/aromatic N) is 2. The lowest BCUT2D eigenvalue weighted by molar-refractivity contribution is 0.102. The number of nitriles is 1. The summed E-state index contributed by atoms with van der Waals surface area (Å²) in [6.07, 6.45) is 6.73. The summed E-state index contributed by atoms with van der Waals surface area (Å²) in [4.78, 5) is 17.1. The molecule has 5 nitrogen and oxygen atoms in total. The van der Waals surface area contributed by atoms with Crippen LogP contribution >= 0.6 is 11.3 Å². The molecule has 2 aromatic rings. The first-order chi connectivity index (χ1) is 10.2. The van der Waals surface area contributed by atoms with Crippen LogP contribution in [0.3, 0.4) is 0 Å². The zero-order chi connectivity index (χ0) is 14.8. The maximum absolute atomic E-state index is 12.2. The highest BCUT2D eigenvalue weighted by Crippen LogP contribution is 2.37. The first-order valence-electron chi connectivity index (χ1n) is 6.69. The second-order valence-corrected chi connectivity index (χ2v) is 5.98. The lowest BCUT2D eigenvalue weighted by Crippen LogP contribution is -2.12. The number of carbonyl (C=O) groups is 1. The number of anilines is 1. The molecule has 3 rings (SSSR count). The Bertz CT molecular complexity index is 746. The van der Waals surface area contributed by atoms with Gasteiger partial charge in [0.05, 0.1) is 17.3 Å². The Morgan fingerprint density at radius 2 is 2.24 bits per heavy atom. The summed E-state index contributed by atoms with van der Waals surface area (Å²) in [5, 5.41) is 22.3. The average Bonchev–Trinajstić information content (AvgIpc) is 2.84. The number of pyridine rings is 1. The Balaban J connectivity index is 1.92. The van der Waals surface area contributed by atoms with E-state index in [0.717, 1.165) is 31.2 Å². The predicted molar refractivity (Wildman–Crippen MR) is 79.5 cm³/mol. The van der Waals surface area contributed by atoms with Gasteiger partial charge in [-0.1, -0.05) is 0 Å². The number of nitrogens with one attached hydrogen (secondary N) is 1. The Morgan fingerprint density at radius 1 is 1.43 bits per heavy atom. The zero-order valence-corrected chi connectivity index (χ0v) is 12.0. The molecule has 2 aromatic heterocycles. The highest BCUT2D eigenvalue weighted by Gasteiger charge is 2.22. The normalized spacial score (nSPS) is 13.3.